The van der Waals surface area contributed by atoms with Gasteiger partial charge in [-0.15, -0.1) is 0 Å². The van der Waals surface area contributed by atoms with Gasteiger partial charge >= 0.3 is 6.09 Å². The topological polar surface area (TPSA) is 78.9 Å². The molecule has 6 heteroatoms. The lowest BCUT2D eigenvalue weighted by atomic mass is 10.2. The first-order valence-corrected chi connectivity index (χ1v) is 4.39. The second kappa shape index (κ2) is 4.80. The van der Waals surface area contributed by atoms with Crippen LogP contribution in [-0.4, -0.2) is 54.9 Å². The molecule has 6 nitrogen and oxygen atoms in total. The Hall–Kier alpha value is -1.30. The molecular formula is C8H14N2O4. The standard InChI is InChI=1S/C8H14N2O4/c1-14-5-7(11)9-6-2-3-10(4-6)8(12)13/h6H,2-5H2,1H3,(H,9,11)(H,12,13)/t6-/m0/s1. The lowest BCUT2D eigenvalue weighted by molar-refractivity contribution is -0.125. The molecule has 1 fully saturated rings. The average molecular weight is 202 g/mol. The highest BCUT2D eigenvalue weighted by atomic mass is 16.5. The monoisotopic (exact) mass is 202 g/mol. The quantitative estimate of drug-likeness (QED) is 0.646. The predicted molar refractivity (Wildman–Crippen MR) is 48.0 cm³/mol. The lowest BCUT2D eigenvalue weighted by Gasteiger charge is -2.13. The number of hydrogen-bond acceptors (Lipinski definition) is 3. The Bertz CT molecular complexity index is 231. The molecule has 0 spiro atoms. The zero-order valence-corrected chi connectivity index (χ0v) is 8.02. The molecule has 0 aromatic heterocycles. The van der Waals surface area contributed by atoms with Crippen molar-refractivity contribution in [2.45, 2.75) is 12.5 Å². The molecule has 0 aliphatic carbocycles. The van der Waals surface area contributed by atoms with Crippen LogP contribution in [0.4, 0.5) is 4.79 Å². The number of carbonyl (C=O) groups is 2. The summed E-state index contributed by atoms with van der Waals surface area (Å²) < 4.78 is 4.65. The molecule has 1 aliphatic heterocycles. The predicted octanol–water partition coefficient (Wildman–Crippen LogP) is -0.499. The van der Waals surface area contributed by atoms with E-state index < -0.39 is 6.09 Å². The molecule has 1 atom stereocenters. The SMILES string of the molecule is COCC(=O)N[C@H]1CCN(C(=O)O)C1. The van der Waals surface area contributed by atoms with Crippen molar-refractivity contribution in [3.8, 4) is 0 Å². The summed E-state index contributed by atoms with van der Waals surface area (Å²) in [4.78, 5) is 22.9. The molecule has 1 rings (SSSR count). The summed E-state index contributed by atoms with van der Waals surface area (Å²) in [5, 5.41) is 11.4. The van der Waals surface area contributed by atoms with Gasteiger partial charge in [-0.25, -0.2) is 4.79 Å². The Morgan fingerprint density at radius 2 is 2.36 bits per heavy atom. The first kappa shape index (κ1) is 10.8. The second-order valence-corrected chi connectivity index (χ2v) is 3.21. The molecule has 2 amide bonds. The lowest BCUT2D eigenvalue weighted by Crippen LogP contribution is -2.39. The van der Waals surface area contributed by atoms with Gasteiger partial charge in [0.15, 0.2) is 0 Å². The van der Waals surface area contributed by atoms with Crippen molar-refractivity contribution in [1.82, 2.24) is 10.2 Å². The average Bonchev–Trinajstić information content (AvgIpc) is 2.53. The maximum atomic E-state index is 11.1. The number of carboxylic acid groups (broad SMARTS) is 1. The number of amides is 2. The maximum Gasteiger partial charge on any atom is 0.407 e. The highest BCUT2D eigenvalue weighted by molar-refractivity contribution is 5.77. The minimum atomic E-state index is -0.937. The minimum Gasteiger partial charge on any atom is -0.465 e. The molecule has 1 aliphatic rings. The first-order valence-electron chi connectivity index (χ1n) is 4.39. The van der Waals surface area contributed by atoms with E-state index in [0.717, 1.165) is 0 Å². The summed E-state index contributed by atoms with van der Waals surface area (Å²) >= 11 is 0. The van der Waals surface area contributed by atoms with Crippen LogP contribution in [0.5, 0.6) is 0 Å². The van der Waals surface area contributed by atoms with Gasteiger partial charge in [0.1, 0.15) is 6.61 Å². The van der Waals surface area contributed by atoms with Crippen LogP contribution in [0.25, 0.3) is 0 Å². The number of nitrogens with zero attached hydrogens (tertiary/aromatic N) is 1. The van der Waals surface area contributed by atoms with E-state index in [4.69, 9.17) is 5.11 Å². The van der Waals surface area contributed by atoms with Crippen molar-refractivity contribution < 1.29 is 19.4 Å². The molecule has 0 bridgehead atoms. The summed E-state index contributed by atoms with van der Waals surface area (Å²) in [6.45, 7) is 0.863. The number of nitrogens with one attached hydrogen (secondary N) is 1. The van der Waals surface area contributed by atoms with E-state index in [1.807, 2.05) is 0 Å². The van der Waals surface area contributed by atoms with Gasteiger partial charge in [0, 0.05) is 26.2 Å². The van der Waals surface area contributed by atoms with Gasteiger partial charge in [-0.1, -0.05) is 0 Å². The fourth-order valence-electron chi connectivity index (χ4n) is 1.45. The van der Waals surface area contributed by atoms with Gasteiger partial charge in [0.05, 0.1) is 0 Å². The molecule has 2 N–H and O–H groups in total. The number of rotatable bonds is 3. The van der Waals surface area contributed by atoms with E-state index in [1.54, 1.807) is 0 Å². The summed E-state index contributed by atoms with van der Waals surface area (Å²) in [6, 6.07) is -0.0752. The molecule has 0 radical (unpaired) electrons. The zero-order chi connectivity index (χ0) is 10.6. The van der Waals surface area contributed by atoms with Crippen LogP contribution in [-0.2, 0) is 9.53 Å². The number of likely N-dealkylation sites (tertiary alicyclic amines) is 1. The van der Waals surface area contributed by atoms with Crippen LogP contribution in [0.15, 0.2) is 0 Å². The molecule has 1 heterocycles. The van der Waals surface area contributed by atoms with Crippen molar-refractivity contribution in [3.63, 3.8) is 0 Å². The van der Waals surface area contributed by atoms with E-state index in [1.165, 1.54) is 12.0 Å². The van der Waals surface area contributed by atoms with Crippen molar-refractivity contribution in [2.24, 2.45) is 0 Å². The van der Waals surface area contributed by atoms with Gasteiger partial charge in [-0.2, -0.15) is 0 Å². The van der Waals surface area contributed by atoms with Crippen LogP contribution in [0, 0.1) is 0 Å². The minimum absolute atomic E-state index is 0.0174. The Labute approximate surface area is 81.8 Å². The van der Waals surface area contributed by atoms with Gasteiger partial charge in [0.2, 0.25) is 5.91 Å². The Morgan fingerprint density at radius 3 is 2.86 bits per heavy atom. The molecule has 0 aromatic rings. The number of methoxy groups -OCH3 is 1. The van der Waals surface area contributed by atoms with Crippen LogP contribution >= 0.6 is 0 Å². The highest BCUT2D eigenvalue weighted by Crippen LogP contribution is 2.08. The van der Waals surface area contributed by atoms with E-state index in [-0.39, 0.29) is 18.6 Å². The third-order valence-electron chi connectivity index (χ3n) is 2.10. The van der Waals surface area contributed by atoms with Gasteiger partial charge in [-0.05, 0) is 6.42 Å². The molecule has 0 saturated carbocycles. The van der Waals surface area contributed by atoms with Crippen molar-refractivity contribution in [3.05, 3.63) is 0 Å². The summed E-state index contributed by atoms with van der Waals surface area (Å²) in [6.07, 6.45) is -0.268. The molecule has 0 unspecified atom stereocenters. The van der Waals surface area contributed by atoms with Crippen molar-refractivity contribution in [1.29, 1.82) is 0 Å². The van der Waals surface area contributed by atoms with E-state index >= 15 is 0 Å². The normalized spacial score (nSPS) is 20.9. The Morgan fingerprint density at radius 1 is 1.64 bits per heavy atom. The van der Waals surface area contributed by atoms with Gasteiger partial charge in [-0.3, -0.25) is 4.79 Å². The third kappa shape index (κ3) is 2.88. The molecule has 1 saturated heterocycles. The van der Waals surface area contributed by atoms with E-state index in [2.05, 4.69) is 10.1 Å². The summed E-state index contributed by atoms with van der Waals surface area (Å²) in [7, 11) is 1.44. The largest absolute Gasteiger partial charge is 0.465 e. The van der Waals surface area contributed by atoms with Crippen LogP contribution in [0.1, 0.15) is 6.42 Å². The number of hydrogen-bond donors (Lipinski definition) is 2. The Balaban J connectivity index is 2.28. The van der Waals surface area contributed by atoms with Gasteiger partial charge < -0.3 is 20.1 Å². The van der Waals surface area contributed by atoms with E-state index in [9.17, 15) is 9.59 Å². The van der Waals surface area contributed by atoms with Crippen LogP contribution < -0.4 is 5.32 Å². The Kier molecular flexibility index (Phi) is 3.70. The van der Waals surface area contributed by atoms with Crippen molar-refractivity contribution >= 4 is 12.0 Å². The molecule has 14 heavy (non-hydrogen) atoms. The maximum absolute atomic E-state index is 11.1. The zero-order valence-electron chi connectivity index (χ0n) is 8.02. The first-order chi connectivity index (χ1) is 6.63. The fourth-order valence-corrected chi connectivity index (χ4v) is 1.45. The molecule has 80 valence electrons. The number of ether oxygens (including phenoxy) is 1. The van der Waals surface area contributed by atoms with Crippen LogP contribution in [0.2, 0.25) is 0 Å². The number of carbonyl (C=O) groups excluding carboxylic acids is 1. The fraction of sp³-hybridized carbons (Fsp3) is 0.750. The third-order valence-corrected chi connectivity index (χ3v) is 2.10. The second-order valence-electron chi connectivity index (χ2n) is 3.21. The van der Waals surface area contributed by atoms with Crippen molar-refractivity contribution in [2.75, 3.05) is 26.8 Å². The van der Waals surface area contributed by atoms with E-state index in [0.29, 0.717) is 19.5 Å². The van der Waals surface area contributed by atoms with Crippen LogP contribution in [0.3, 0.4) is 0 Å². The van der Waals surface area contributed by atoms with Gasteiger partial charge in [0.25, 0.3) is 0 Å². The highest BCUT2D eigenvalue weighted by Gasteiger charge is 2.26. The summed E-state index contributed by atoms with van der Waals surface area (Å²) in [5.74, 6) is -0.204. The smallest absolute Gasteiger partial charge is 0.407 e. The summed E-state index contributed by atoms with van der Waals surface area (Å²) in [5.41, 5.74) is 0. The molecule has 0 aromatic carbocycles. The molecular weight excluding hydrogens is 188 g/mol.